The van der Waals surface area contributed by atoms with E-state index >= 15 is 0 Å². The maximum Gasteiger partial charge on any atom is 0.290 e. The third-order valence-corrected chi connectivity index (χ3v) is 4.18. The second-order valence-electron chi connectivity index (χ2n) is 5.08. The minimum atomic E-state index is -0.591. The van der Waals surface area contributed by atoms with Crippen LogP contribution in [0.1, 0.15) is 22.5 Å². The third kappa shape index (κ3) is 3.49. The van der Waals surface area contributed by atoms with Crippen LogP contribution < -0.4 is 16.4 Å². The Balaban J connectivity index is 1.64. The van der Waals surface area contributed by atoms with Crippen molar-refractivity contribution in [2.45, 2.75) is 12.8 Å². The average Bonchev–Trinajstić information content (AvgIpc) is 3.12. The van der Waals surface area contributed by atoms with Gasteiger partial charge in [0, 0.05) is 11.8 Å². The standard InChI is InChI=1S/C16H14N4O3S/c21-13(6-5-10-7-8-24-9-10)17-20-16(23)14-11-3-1-2-4-12(11)15(22)19-18-14/h1-4,7-9H,5-6H2,(H,17,21)(H,19,22)(H,20,23). The summed E-state index contributed by atoms with van der Waals surface area (Å²) in [6.07, 6.45) is 0.863. The Morgan fingerprint density at radius 3 is 2.67 bits per heavy atom. The van der Waals surface area contributed by atoms with Gasteiger partial charge in [-0.1, -0.05) is 18.2 Å². The molecule has 3 rings (SSSR count). The van der Waals surface area contributed by atoms with E-state index in [0.717, 1.165) is 5.56 Å². The summed E-state index contributed by atoms with van der Waals surface area (Å²) < 4.78 is 0. The molecule has 0 fully saturated rings. The molecule has 0 aliphatic rings. The van der Waals surface area contributed by atoms with E-state index in [1.807, 2.05) is 16.8 Å². The van der Waals surface area contributed by atoms with Gasteiger partial charge in [-0.05, 0) is 34.9 Å². The summed E-state index contributed by atoms with van der Waals surface area (Å²) in [5, 5.41) is 10.8. The van der Waals surface area contributed by atoms with Crippen molar-refractivity contribution in [2.75, 3.05) is 0 Å². The van der Waals surface area contributed by atoms with Crippen LogP contribution >= 0.6 is 11.3 Å². The van der Waals surface area contributed by atoms with Gasteiger partial charge in [-0.15, -0.1) is 0 Å². The van der Waals surface area contributed by atoms with E-state index in [1.54, 1.807) is 35.6 Å². The van der Waals surface area contributed by atoms with Crippen LogP contribution in [0.2, 0.25) is 0 Å². The van der Waals surface area contributed by atoms with E-state index in [9.17, 15) is 14.4 Å². The number of hydrazine groups is 1. The molecule has 24 heavy (non-hydrogen) atoms. The number of thiophene rings is 1. The second kappa shape index (κ2) is 7.05. The number of carbonyl (C=O) groups is 2. The number of nitrogens with zero attached hydrogens (tertiary/aromatic N) is 1. The molecule has 3 aromatic rings. The topological polar surface area (TPSA) is 104 Å². The highest BCUT2D eigenvalue weighted by Gasteiger charge is 2.14. The molecule has 1 aromatic carbocycles. The highest BCUT2D eigenvalue weighted by atomic mass is 32.1. The van der Waals surface area contributed by atoms with E-state index in [2.05, 4.69) is 21.0 Å². The van der Waals surface area contributed by atoms with E-state index in [4.69, 9.17) is 0 Å². The Hall–Kier alpha value is -3.00. The lowest BCUT2D eigenvalue weighted by Gasteiger charge is -2.08. The summed E-state index contributed by atoms with van der Waals surface area (Å²) >= 11 is 1.57. The Kier molecular flexibility index (Phi) is 4.66. The normalized spacial score (nSPS) is 10.5. The minimum absolute atomic E-state index is 0.0448. The van der Waals surface area contributed by atoms with Crippen LogP contribution in [0.15, 0.2) is 45.9 Å². The van der Waals surface area contributed by atoms with Gasteiger partial charge in [-0.3, -0.25) is 25.2 Å². The summed E-state index contributed by atoms with van der Waals surface area (Å²) in [4.78, 5) is 35.7. The number of hydrogen-bond donors (Lipinski definition) is 3. The first-order valence-corrected chi connectivity index (χ1v) is 8.17. The predicted molar refractivity (Wildman–Crippen MR) is 90.6 cm³/mol. The molecule has 122 valence electrons. The van der Waals surface area contributed by atoms with E-state index < -0.39 is 5.91 Å². The number of benzene rings is 1. The summed E-state index contributed by atoms with van der Waals surface area (Å²) in [5.41, 5.74) is 5.43. The zero-order chi connectivity index (χ0) is 16.9. The van der Waals surface area contributed by atoms with Gasteiger partial charge in [-0.25, -0.2) is 5.10 Å². The average molecular weight is 342 g/mol. The van der Waals surface area contributed by atoms with Crippen LogP contribution in [0.5, 0.6) is 0 Å². The number of fused-ring (bicyclic) bond motifs is 1. The first-order valence-electron chi connectivity index (χ1n) is 7.23. The molecule has 0 unspecified atom stereocenters. The van der Waals surface area contributed by atoms with Crippen LogP contribution in [-0.2, 0) is 11.2 Å². The molecule has 2 amide bonds. The molecule has 3 N–H and O–H groups in total. The molecule has 7 nitrogen and oxygen atoms in total. The van der Waals surface area contributed by atoms with Gasteiger partial charge in [0.25, 0.3) is 11.5 Å². The largest absolute Gasteiger partial charge is 0.290 e. The Labute approximate surface area is 140 Å². The van der Waals surface area contributed by atoms with Crippen molar-refractivity contribution in [3.63, 3.8) is 0 Å². The molecular formula is C16H14N4O3S. The lowest BCUT2D eigenvalue weighted by molar-refractivity contribution is -0.121. The van der Waals surface area contributed by atoms with Crippen LogP contribution in [0.25, 0.3) is 10.8 Å². The van der Waals surface area contributed by atoms with Gasteiger partial charge < -0.3 is 0 Å². The second-order valence-corrected chi connectivity index (χ2v) is 5.86. The first kappa shape index (κ1) is 15.9. The monoisotopic (exact) mass is 342 g/mol. The molecule has 0 radical (unpaired) electrons. The Morgan fingerprint density at radius 2 is 1.92 bits per heavy atom. The van der Waals surface area contributed by atoms with E-state index in [-0.39, 0.29) is 23.6 Å². The fourth-order valence-corrected chi connectivity index (χ4v) is 2.93. The van der Waals surface area contributed by atoms with Crippen LogP contribution in [0, 0.1) is 0 Å². The van der Waals surface area contributed by atoms with Crippen LogP contribution in [0.3, 0.4) is 0 Å². The Bertz CT molecular complexity index is 934. The van der Waals surface area contributed by atoms with Crippen molar-refractivity contribution >= 4 is 33.9 Å². The molecule has 2 heterocycles. The maximum atomic E-state index is 12.2. The number of hydrogen-bond acceptors (Lipinski definition) is 5. The number of aryl methyl sites for hydroxylation is 1. The summed E-state index contributed by atoms with van der Waals surface area (Å²) in [7, 11) is 0. The summed E-state index contributed by atoms with van der Waals surface area (Å²) in [6.45, 7) is 0. The molecule has 0 aliphatic carbocycles. The zero-order valence-electron chi connectivity index (χ0n) is 12.5. The molecule has 0 spiro atoms. The predicted octanol–water partition coefficient (Wildman–Crippen LogP) is 1.38. The van der Waals surface area contributed by atoms with Gasteiger partial charge in [0.1, 0.15) is 0 Å². The van der Waals surface area contributed by atoms with E-state index in [0.29, 0.717) is 17.2 Å². The number of H-pyrrole nitrogens is 1. The molecule has 0 saturated carbocycles. The quantitative estimate of drug-likeness (QED) is 0.623. The van der Waals surface area contributed by atoms with Gasteiger partial charge in [-0.2, -0.15) is 16.4 Å². The van der Waals surface area contributed by atoms with Gasteiger partial charge in [0.05, 0.1) is 5.39 Å². The molecule has 0 saturated heterocycles. The molecule has 2 aromatic heterocycles. The first-order chi connectivity index (χ1) is 11.6. The highest BCUT2D eigenvalue weighted by Crippen LogP contribution is 2.12. The minimum Gasteiger partial charge on any atom is -0.273 e. The van der Waals surface area contributed by atoms with Gasteiger partial charge >= 0.3 is 0 Å². The van der Waals surface area contributed by atoms with Gasteiger partial charge in [0.2, 0.25) is 5.91 Å². The third-order valence-electron chi connectivity index (χ3n) is 3.45. The fourth-order valence-electron chi connectivity index (χ4n) is 2.23. The maximum absolute atomic E-state index is 12.2. The molecule has 0 atom stereocenters. The number of aromatic amines is 1. The lowest BCUT2D eigenvalue weighted by atomic mass is 10.1. The van der Waals surface area contributed by atoms with Crippen LogP contribution in [0.4, 0.5) is 0 Å². The number of nitrogens with one attached hydrogen (secondary N) is 3. The smallest absolute Gasteiger partial charge is 0.273 e. The lowest BCUT2D eigenvalue weighted by Crippen LogP contribution is -2.42. The van der Waals surface area contributed by atoms with Crippen molar-refractivity contribution in [3.05, 3.63) is 62.7 Å². The van der Waals surface area contributed by atoms with E-state index in [1.165, 1.54) is 0 Å². The molecule has 0 aliphatic heterocycles. The number of rotatable bonds is 4. The summed E-state index contributed by atoms with van der Waals surface area (Å²) in [6, 6.07) is 8.59. The Morgan fingerprint density at radius 1 is 1.12 bits per heavy atom. The molecule has 0 bridgehead atoms. The summed E-state index contributed by atoms with van der Waals surface area (Å²) in [5.74, 6) is -0.894. The number of carbonyl (C=O) groups excluding carboxylic acids is 2. The molecule has 8 heteroatoms. The number of aromatic nitrogens is 2. The SMILES string of the molecule is O=C(CCc1ccsc1)NNC(=O)c1n[nH]c(=O)c2ccccc12. The van der Waals surface area contributed by atoms with Crippen LogP contribution in [-0.4, -0.2) is 22.0 Å². The van der Waals surface area contributed by atoms with Crippen molar-refractivity contribution in [1.29, 1.82) is 0 Å². The van der Waals surface area contributed by atoms with Gasteiger partial charge in [0.15, 0.2) is 5.69 Å². The zero-order valence-corrected chi connectivity index (χ0v) is 13.4. The molecular weight excluding hydrogens is 328 g/mol. The number of amides is 2. The van der Waals surface area contributed by atoms with Crippen molar-refractivity contribution in [1.82, 2.24) is 21.0 Å². The highest BCUT2D eigenvalue weighted by molar-refractivity contribution is 7.07. The van der Waals surface area contributed by atoms with Crippen molar-refractivity contribution in [2.24, 2.45) is 0 Å². The van der Waals surface area contributed by atoms with Crippen molar-refractivity contribution in [3.8, 4) is 0 Å². The fraction of sp³-hybridized carbons (Fsp3) is 0.125. The van der Waals surface area contributed by atoms with Crippen molar-refractivity contribution < 1.29 is 9.59 Å².